The zero-order valence-corrected chi connectivity index (χ0v) is 18.3. The fraction of sp³-hybridized carbons (Fsp3) is 0.520. The van der Waals surface area contributed by atoms with Gasteiger partial charge < -0.3 is 24.6 Å². The van der Waals surface area contributed by atoms with E-state index in [0.717, 1.165) is 22.6 Å². The summed E-state index contributed by atoms with van der Waals surface area (Å²) in [5, 5.41) is 14.1. The smallest absolute Gasteiger partial charge is 0.118 e. The Bertz CT molecular complexity index is 699. The molecule has 0 aromatic heterocycles. The maximum atomic E-state index is 10.5. The highest BCUT2D eigenvalue weighted by atomic mass is 16.5. The number of methoxy groups -OCH3 is 2. The average Bonchev–Trinajstić information content (AvgIpc) is 2.79. The summed E-state index contributed by atoms with van der Waals surface area (Å²) < 4.78 is 16.8. The Balaban J connectivity index is 1.63. The van der Waals surface area contributed by atoms with Crippen LogP contribution in [0.3, 0.4) is 0 Å². The van der Waals surface area contributed by atoms with Crippen LogP contribution in [-0.2, 0) is 4.74 Å². The molecular weight excluding hydrogens is 378 g/mol. The SMILES string of the molecule is COc1ccc(C(OC[C@@H](O)CN[C@H]2CCCC[C@@H]2C)c2ccc(OC)cc2)cc1. The number of rotatable bonds is 10. The summed E-state index contributed by atoms with van der Waals surface area (Å²) >= 11 is 0. The summed E-state index contributed by atoms with van der Waals surface area (Å²) in [6.07, 6.45) is 4.21. The molecule has 1 aliphatic carbocycles. The second kappa shape index (κ2) is 11.3. The Labute approximate surface area is 180 Å². The fourth-order valence-corrected chi connectivity index (χ4v) is 4.12. The summed E-state index contributed by atoms with van der Waals surface area (Å²) in [6, 6.07) is 16.2. The van der Waals surface area contributed by atoms with Crippen molar-refractivity contribution in [2.24, 2.45) is 5.92 Å². The highest BCUT2D eigenvalue weighted by Crippen LogP contribution is 2.29. The molecule has 0 saturated heterocycles. The van der Waals surface area contributed by atoms with E-state index in [1.807, 2.05) is 48.5 Å². The highest BCUT2D eigenvalue weighted by Gasteiger charge is 2.22. The van der Waals surface area contributed by atoms with Crippen LogP contribution in [0.15, 0.2) is 48.5 Å². The van der Waals surface area contributed by atoms with E-state index in [1.165, 1.54) is 25.7 Å². The van der Waals surface area contributed by atoms with Gasteiger partial charge in [0.2, 0.25) is 0 Å². The molecule has 3 atom stereocenters. The van der Waals surface area contributed by atoms with Gasteiger partial charge in [0.05, 0.1) is 26.9 Å². The molecular formula is C25H35NO4. The van der Waals surface area contributed by atoms with Gasteiger partial charge in [-0.25, -0.2) is 0 Å². The minimum Gasteiger partial charge on any atom is -0.497 e. The molecule has 1 fully saturated rings. The van der Waals surface area contributed by atoms with Gasteiger partial charge in [0, 0.05) is 12.6 Å². The first-order valence-corrected chi connectivity index (χ1v) is 10.9. The van der Waals surface area contributed by atoms with Gasteiger partial charge in [-0.05, 0) is 54.2 Å². The van der Waals surface area contributed by atoms with Crippen LogP contribution in [0.2, 0.25) is 0 Å². The number of hydrogen-bond donors (Lipinski definition) is 2. The summed E-state index contributed by atoms with van der Waals surface area (Å²) in [5.41, 5.74) is 2.03. The molecule has 1 saturated carbocycles. The molecule has 0 aliphatic heterocycles. The van der Waals surface area contributed by atoms with E-state index in [9.17, 15) is 5.11 Å². The first-order chi connectivity index (χ1) is 14.6. The van der Waals surface area contributed by atoms with Crippen molar-refractivity contribution in [2.45, 2.75) is 50.9 Å². The van der Waals surface area contributed by atoms with Gasteiger partial charge >= 0.3 is 0 Å². The van der Waals surface area contributed by atoms with Crippen LogP contribution in [0.1, 0.15) is 49.8 Å². The Morgan fingerprint density at radius 2 is 1.43 bits per heavy atom. The first kappa shape index (κ1) is 22.6. The molecule has 2 aromatic carbocycles. The van der Waals surface area contributed by atoms with E-state index in [0.29, 0.717) is 18.5 Å². The number of nitrogens with one attached hydrogen (secondary N) is 1. The molecule has 0 bridgehead atoms. The van der Waals surface area contributed by atoms with E-state index in [4.69, 9.17) is 14.2 Å². The van der Waals surface area contributed by atoms with Gasteiger partial charge in [-0.1, -0.05) is 44.0 Å². The van der Waals surface area contributed by atoms with E-state index in [1.54, 1.807) is 14.2 Å². The minimum absolute atomic E-state index is 0.261. The number of ether oxygens (including phenoxy) is 3. The third-order valence-corrected chi connectivity index (χ3v) is 6.02. The number of aliphatic hydroxyl groups excluding tert-OH is 1. The monoisotopic (exact) mass is 413 g/mol. The maximum absolute atomic E-state index is 10.5. The Morgan fingerprint density at radius 1 is 0.900 bits per heavy atom. The molecule has 0 heterocycles. The summed E-state index contributed by atoms with van der Waals surface area (Å²) in [7, 11) is 3.31. The molecule has 0 spiro atoms. The predicted octanol–water partition coefficient (Wildman–Crippen LogP) is 4.34. The van der Waals surface area contributed by atoms with Crippen LogP contribution < -0.4 is 14.8 Å². The molecule has 3 rings (SSSR count). The van der Waals surface area contributed by atoms with E-state index in [2.05, 4.69) is 12.2 Å². The van der Waals surface area contributed by atoms with E-state index in [-0.39, 0.29) is 12.7 Å². The Hall–Kier alpha value is -2.08. The van der Waals surface area contributed by atoms with Crippen LogP contribution in [-0.4, -0.2) is 44.6 Å². The molecule has 5 heteroatoms. The molecule has 2 aromatic rings. The maximum Gasteiger partial charge on any atom is 0.118 e. The zero-order valence-electron chi connectivity index (χ0n) is 18.3. The summed E-state index contributed by atoms with van der Waals surface area (Å²) in [6.45, 7) is 3.10. The standard InChI is InChI=1S/C25H35NO4/c1-18-6-4-5-7-24(18)26-16-21(27)17-30-25(19-8-12-22(28-2)13-9-19)20-10-14-23(29-3)15-11-20/h8-15,18,21,24-27H,4-7,16-17H2,1-3H3/t18-,21-,24-/m0/s1. The topological polar surface area (TPSA) is 60.0 Å². The molecule has 0 amide bonds. The van der Waals surface area contributed by atoms with Crippen LogP contribution in [0.25, 0.3) is 0 Å². The van der Waals surface area contributed by atoms with Gasteiger partial charge in [0.15, 0.2) is 0 Å². The minimum atomic E-state index is -0.557. The second-order valence-electron chi connectivity index (χ2n) is 8.19. The lowest BCUT2D eigenvalue weighted by Crippen LogP contribution is -2.42. The van der Waals surface area contributed by atoms with Gasteiger partial charge in [-0.15, -0.1) is 0 Å². The average molecular weight is 414 g/mol. The van der Waals surface area contributed by atoms with Crippen LogP contribution >= 0.6 is 0 Å². The van der Waals surface area contributed by atoms with Crippen molar-refractivity contribution >= 4 is 0 Å². The number of benzene rings is 2. The van der Waals surface area contributed by atoms with Crippen LogP contribution in [0, 0.1) is 5.92 Å². The largest absolute Gasteiger partial charge is 0.497 e. The molecule has 30 heavy (non-hydrogen) atoms. The first-order valence-electron chi connectivity index (χ1n) is 10.9. The third-order valence-electron chi connectivity index (χ3n) is 6.02. The molecule has 5 nitrogen and oxygen atoms in total. The van der Waals surface area contributed by atoms with Gasteiger partial charge in [0.1, 0.15) is 17.6 Å². The van der Waals surface area contributed by atoms with Gasteiger partial charge in [-0.3, -0.25) is 0 Å². The third kappa shape index (κ3) is 6.21. The summed E-state index contributed by atoms with van der Waals surface area (Å²) in [5.74, 6) is 2.27. The summed E-state index contributed by atoms with van der Waals surface area (Å²) in [4.78, 5) is 0. The fourth-order valence-electron chi connectivity index (χ4n) is 4.12. The normalized spacial score (nSPS) is 20.2. The quantitative estimate of drug-likeness (QED) is 0.607. The Morgan fingerprint density at radius 3 is 1.93 bits per heavy atom. The van der Waals surface area contributed by atoms with Crippen LogP contribution in [0.5, 0.6) is 11.5 Å². The van der Waals surface area contributed by atoms with Crippen molar-refractivity contribution in [2.75, 3.05) is 27.4 Å². The predicted molar refractivity (Wildman–Crippen MR) is 119 cm³/mol. The Kier molecular flexibility index (Phi) is 8.55. The van der Waals surface area contributed by atoms with Crippen molar-refractivity contribution in [3.63, 3.8) is 0 Å². The van der Waals surface area contributed by atoms with Gasteiger partial charge in [0.25, 0.3) is 0 Å². The highest BCUT2D eigenvalue weighted by molar-refractivity contribution is 5.36. The van der Waals surface area contributed by atoms with Crippen molar-refractivity contribution in [1.29, 1.82) is 0 Å². The number of hydrogen-bond acceptors (Lipinski definition) is 5. The molecule has 0 unspecified atom stereocenters. The number of aliphatic hydroxyl groups is 1. The lowest BCUT2D eigenvalue weighted by Gasteiger charge is -2.30. The van der Waals surface area contributed by atoms with Crippen LogP contribution in [0.4, 0.5) is 0 Å². The molecule has 0 radical (unpaired) electrons. The van der Waals surface area contributed by atoms with Crippen molar-refractivity contribution in [1.82, 2.24) is 5.32 Å². The van der Waals surface area contributed by atoms with Crippen molar-refractivity contribution in [3.8, 4) is 11.5 Å². The lowest BCUT2D eigenvalue weighted by molar-refractivity contribution is 0.00444. The lowest BCUT2D eigenvalue weighted by atomic mass is 9.86. The van der Waals surface area contributed by atoms with Gasteiger partial charge in [-0.2, -0.15) is 0 Å². The molecule has 2 N–H and O–H groups in total. The molecule has 164 valence electrons. The molecule has 1 aliphatic rings. The van der Waals surface area contributed by atoms with E-state index >= 15 is 0 Å². The van der Waals surface area contributed by atoms with Crippen molar-refractivity contribution in [3.05, 3.63) is 59.7 Å². The zero-order chi connectivity index (χ0) is 21.3. The second-order valence-corrected chi connectivity index (χ2v) is 8.19. The van der Waals surface area contributed by atoms with E-state index < -0.39 is 6.10 Å². The van der Waals surface area contributed by atoms with Crippen molar-refractivity contribution < 1.29 is 19.3 Å².